The number of hydrogen-bond donors (Lipinski definition) is 3. The molecule has 1 aliphatic rings. The summed E-state index contributed by atoms with van der Waals surface area (Å²) in [6.07, 6.45) is 0.738. The first-order valence-electron chi connectivity index (χ1n) is 9.60. The van der Waals surface area contributed by atoms with Gasteiger partial charge in [0.25, 0.3) is 5.56 Å². The smallest absolute Gasteiger partial charge is 0.257 e. The molecule has 7 heteroatoms. The molecule has 0 radical (unpaired) electrons. The van der Waals surface area contributed by atoms with Gasteiger partial charge in [-0.05, 0) is 29.8 Å². The number of hydrogen-bond acceptors (Lipinski definition) is 5. The average Bonchev–Trinajstić information content (AvgIpc) is 2.70. The van der Waals surface area contributed by atoms with E-state index in [-0.39, 0.29) is 11.5 Å². The van der Waals surface area contributed by atoms with Crippen LogP contribution in [-0.4, -0.2) is 27.3 Å². The summed E-state index contributed by atoms with van der Waals surface area (Å²) in [5.74, 6) is 0.310. The molecule has 1 aromatic heterocycles. The van der Waals surface area contributed by atoms with Gasteiger partial charge in [0, 0.05) is 44.4 Å². The Morgan fingerprint density at radius 2 is 1.83 bits per heavy atom. The molecule has 0 unspecified atom stereocenters. The lowest BCUT2D eigenvalue weighted by molar-refractivity contribution is -0.114. The number of rotatable bonds is 5. The summed E-state index contributed by atoms with van der Waals surface area (Å²) in [5.41, 5.74) is 4.21. The van der Waals surface area contributed by atoms with Gasteiger partial charge in [0.2, 0.25) is 11.9 Å². The molecule has 3 aromatic rings. The number of anilines is 3. The second-order valence-corrected chi connectivity index (χ2v) is 7.17. The summed E-state index contributed by atoms with van der Waals surface area (Å²) in [5, 5.41) is 5.86. The fraction of sp³-hybridized carbons (Fsp3) is 0.227. The van der Waals surface area contributed by atoms with E-state index in [2.05, 4.69) is 37.6 Å². The Balaban J connectivity index is 1.46. The number of carbonyl (C=O) groups is 1. The van der Waals surface area contributed by atoms with E-state index in [1.807, 2.05) is 30.3 Å². The molecule has 0 bridgehead atoms. The Hall–Kier alpha value is -3.45. The standard InChI is InChI=1S/C22H23N5O2/c1-15(28)23-17-7-9-18(10-8-17)24-22-25-20-11-12-27(14-19(20)21(29)26-22)13-16-5-3-2-4-6-16/h2-10H,11-14H2,1H3,(H,23,28)(H2,24,25,26,29). The highest BCUT2D eigenvalue weighted by atomic mass is 16.1. The first-order valence-corrected chi connectivity index (χ1v) is 9.60. The molecule has 0 aliphatic carbocycles. The summed E-state index contributed by atoms with van der Waals surface area (Å²) in [4.78, 5) is 33.5. The van der Waals surface area contributed by atoms with Gasteiger partial charge in [0.05, 0.1) is 11.3 Å². The molecule has 29 heavy (non-hydrogen) atoms. The zero-order valence-corrected chi connectivity index (χ0v) is 16.2. The molecule has 148 valence electrons. The summed E-state index contributed by atoms with van der Waals surface area (Å²) >= 11 is 0. The second-order valence-electron chi connectivity index (χ2n) is 7.17. The molecular formula is C22H23N5O2. The number of aromatic nitrogens is 2. The maximum Gasteiger partial charge on any atom is 0.257 e. The van der Waals surface area contributed by atoms with Crippen LogP contribution in [0, 0.1) is 0 Å². The van der Waals surface area contributed by atoms with E-state index in [1.165, 1.54) is 12.5 Å². The number of nitrogens with zero attached hydrogens (tertiary/aromatic N) is 2. The molecule has 2 aromatic carbocycles. The second kappa shape index (κ2) is 8.28. The Morgan fingerprint density at radius 3 is 2.55 bits per heavy atom. The van der Waals surface area contributed by atoms with Crippen LogP contribution in [0.25, 0.3) is 0 Å². The quantitative estimate of drug-likeness (QED) is 0.624. The maximum atomic E-state index is 12.6. The Morgan fingerprint density at radius 1 is 1.10 bits per heavy atom. The molecule has 3 N–H and O–H groups in total. The molecule has 0 spiro atoms. The zero-order valence-electron chi connectivity index (χ0n) is 16.2. The van der Waals surface area contributed by atoms with E-state index < -0.39 is 0 Å². The molecule has 1 amide bonds. The van der Waals surface area contributed by atoms with E-state index in [0.717, 1.165) is 36.5 Å². The molecule has 7 nitrogen and oxygen atoms in total. The number of H-pyrrole nitrogens is 1. The molecular weight excluding hydrogens is 366 g/mol. The van der Waals surface area contributed by atoms with Gasteiger partial charge in [0.15, 0.2) is 0 Å². The first kappa shape index (κ1) is 18.9. The van der Waals surface area contributed by atoms with Crippen molar-refractivity contribution in [3.63, 3.8) is 0 Å². The number of amides is 1. The van der Waals surface area contributed by atoms with Crippen LogP contribution in [-0.2, 0) is 24.3 Å². The van der Waals surface area contributed by atoms with Crippen molar-refractivity contribution in [1.82, 2.24) is 14.9 Å². The topological polar surface area (TPSA) is 90.1 Å². The highest BCUT2D eigenvalue weighted by molar-refractivity contribution is 5.88. The lowest BCUT2D eigenvalue weighted by atomic mass is 10.1. The fourth-order valence-electron chi connectivity index (χ4n) is 3.49. The van der Waals surface area contributed by atoms with Gasteiger partial charge in [-0.1, -0.05) is 30.3 Å². The van der Waals surface area contributed by atoms with Gasteiger partial charge in [0.1, 0.15) is 0 Å². The number of aromatic amines is 1. The molecule has 0 saturated heterocycles. The largest absolute Gasteiger partial charge is 0.326 e. The predicted molar refractivity (Wildman–Crippen MR) is 113 cm³/mol. The number of fused-ring (bicyclic) bond motifs is 1. The predicted octanol–water partition coefficient (Wildman–Crippen LogP) is 3.03. The van der Waals surface area contributed by atoms with Crippen LogP contribution in [0.1, 0.15) is 23.7 Å². The minimum atomic E-state index is -0.118. The fourth-order valence-corrected chi connectivity index (χ4v) is 3.49. The van der Waals surface area contributed by atoms with Gasteiger partial charge in [-0.2, -0.15) is 0 Å². The van der Waals surface area contributed by atoms with Crippen LogP contribution < -0.4 is 16.2 Å². The normalized spacial score (nSPS) is 13.6. The van der Waals surface area contributed by atoms with Crippen LogP contribution in [0.4, 0.5) is 17.3 Å². The molecule has 0 saturated carbocycles. The number of benzene rings is 2. The van der Waals surface area contributed by atoms with Crippen molar-refractivity contribution >= 4 is 23.2 Å². The van der Waals surface area contributed by atoms with Gasteiger partial charge < -0.3 is 10.6 Å². The molecule has 2 heterocycles. The minimum absolute atomic E-state index is 0.106. The van der Waals surface area contributed by atoms with Crippen molar-refractivity contribution in [2.75, 3.05) is 17.2 Å². The summed E-state index contributed by atoms with van der Waals surface area (Å²) in [6.45, 7) is 3.75. The molecule has 4 rings (SSSR count). The Kier molecular flexibility index (Phi) is 5.39. The van der Waals surface area contributed by atoms with Crippen LogP contribution in [0.2, 0.25) is 0 Å². The minimum Gasteiger partial charge on any atom is -0.326 e. The third-order valence-corrected chi connectivity index (χ3v) is 4.86. The monoisotopic (exact) mass is 389 g/mol. The zero-order chi connectivity index (χ0) is 20.2. The molecule has 1 aliphatic heterocycles. The van der Waals surface area contributed by atoms with Crippen LogP contribution in [0.5, 0.6) is 0 Å². The van der Waals surface area contributed by atoms with E-state index in [4.69, 9.17) is 0 Å². The van der Waals surface area contributed by atoms with E-state index in [1.54, 1.807) is 12.1 Å². The van der Waals surface area contributed by atoms with E-state index in [9.17, 15) is 9.59 Å². The SMILES string of the molecule is CC(=O)Nc1ccc(Nc2nc3c(c(=O)[nH]2)CN(Cc2ccccc2)CC3)cc1. The van der Waals surface area contributed by atoms with Crippen molar-refractivity contribution < 1.29 is 4.79 Å². The van der Waals surface area contributed by atoms with Crippen LogP contribution in [0.3, 0.4) is 0 Å². The van der Waals surface area contributed by atoms with Gasteiger partial charge in [-0.3, -0.25) is 19.5 Å². The lowest BCUT2D eigenvalue weighted by Gasteiger charge is -2.27. The molecule has 0 atom stereocenters. The highest BCUT2D eigenvalue weighted by Crippen LogP contribution is 2.20. The summed E-state index contributed by atoms with van der Waals surface area (Å²) in [7, 11) is 0. The van der Waals surface area contributed by atoms with Crippen molar-refractivity contribution in [3.8, 4) is 0 Å². The van der Waals surface area contributed by atoms with Crippen LogP contribution >= 0.6 is 0 Å². The van der Waals surface area contributed by atoms with Crippen molar-refractivity contribution in [3.05, 3.63) is 81.8 Å². The average molecular weight is 389 g/mol. The van der Waals surface area contributed by atoms with Crippen molar-refractivity contribution in [2.45, 2.75) is 26.4 Å². The Labute approximate surface area is 168 Å². The van der Waals surface area contributed by atoms with Crippen molar-refractivity contribution in [2.24, 2.45) is 0 Å². The third-order valence-electron chi connectivity index (χ3n) is 4.86. The van der Waals surface area contributed by atoms with Gasteiger partial charge in [-0.25, -0.2) is 4.98 Å². The number of carbonyl (C=O) groups excluding carboxylic acids is 1. The van der Waals surface area contributed by atoms with Crippen molar-refractivity contribution in [1.29, 1.82) is 0 Å². The van der Waals surface area contributed by atoms with E-state index >= 15 is 0 Å². The maximum absolute atomic E-state index is 12.6. The Bertz CT molecular complexity index is 1060. The van der Waals surface area contributed by atoms with Gasteiger partial charge in [-0.15, -0.1) is 0 Å². The van der Waals surface area contributed by atoms with E-state index in [0.29, 0.717) is 18.2 Å². The van der Waals surface area contributed by atoms with Crippen LogP contribution in [0.15, 0.2) is 59.4 Å². The lowest BCUT2D eigenvalue weighted by Crippen LogP contribution is -2.35. The summed E-state index contributed by atoms with van der Waals surface area (Å²) in [6, 6.07) is 17.5. The highest BCUT2D eigenvalue weighted by Gasteiger charge is 2.21. The third kappa shape index (κ3) is 4.70. The number of nitrogens with one attached hydrogen (secondary N) is 3. The first-order chi connectivity index (χ1) is 14.1. The van der Waals surface area contributed by atoms with Gasteiger partial charge >= 0.3 is 0 Å². The molecule has 0 fully saturated rings. The summed E-state index contributed by atoms with van der Waals surface area (Å²) < 4.78 is 0.